The molecule has 0 saturated heterocycles. The molecule has 1 aromatic carbocycles. The van der Waals surface area contributed by atoms with Crippen molar-refractivity contribution in [1.29, 1.82) is 0 Å². The summed E-state index contributed by atoms with van der Waals surface area (Å²) in [7, 11) is 1.60. The van der Waals surface area contributed by atoms with Crippen LogP contribution in [0, 0.1) is 12.3 Å². The molecule has 1 aromatic rings. The van der Waals surface area contributed by atoms with E-state index in [1.807, 2.05) is 18.2 Å². The van der Waals surface area contributed by atoms with Crippen LogP contribution in [-0.4, -0.2) is 12.2 Å². The minimum absolute atomic E-state index is 0.550. The largest absolute Gasteiger partial charge is 0.497 e. The highest BCUT2D eigenvalue weighted by Crippen LogP contribution is 2.29. The zero-order valence-electron chi connectivity index (χ0n) is 8.53. The van der Waals surface area contributed by atoms with Gasteiger partial charge >= 0.3 is 0 Å². The van der Waals surface area contributed by atoms with Gasteiger partial charge in [-0.05, 0) is 30.2 Å². The number of halogens is 1. The van der Waals surface area contributed by atoms with E-state index < -0.39 is 6.10 Å². The normalized spacial score (nSPS) is 11.9. The Bertz CT molecular complexity index is 368. The van der Waals surface area contributed by atoms with Crippen molar-refractivity contribution >= 4 is 15.9 Å². The molecule has 0 aliphatic rings. The van der Waals surface area contributed by atoms with Crippen LogP contribution < -0.4 is 4.74 Å². The fraction of sp³-hybridized carbons (Fsp3) is 0.333. The number of methoxy groups -OCH3 is 1. The lowest BCUT2D eigenvalue weighted by molar-refractivity contribution is 0.168. The summed E-state index contributed by atoms with van der Waals surface area (Å²) >= 11 is 3.38. The van der Waals surface area contributed by atoms with Gasteiger partial charge in [0.25, 0.3) is 0 Å². The predicted molar refractivity (Wildman–Crippen MR) is 63.7 cm³/mol. The number of ether oxygens (including phenoxy) is 1. The van der Waals surface area contributed by atoms with E-state index in [4.69, 9.17) is 11.2 Å². The van der Waals surface area contributed by atoms with Crippen LogP contribution in [0.1, 0.15) is 24.5 Å². The topological polar surface area (TPSA) is 29.5 Å². The Morgan fingerprint density at radius 1 is 1.60 bits per heavy atom. The Hall–Kier alpha value is -0.980. The van der Waals surface area contributed by atoms with E-state index in [1.54, 1.807) is 7.11 Å². The third-order valence-electron chi connectivity index (χ3n) is 2.12. The van der Waals surface area contributed by atoms with Crippen LogP contribution in [0.2, 0.25) is 0 Å². The van der Waals surface area contributed by atoms with Gasteiger partial charge in [0.15, 0.2) is 0 Å². The van der Waals surface area contributed by atoms with E-state index in [2.05, 4.69) is 21.9 Å². The molecule has 0 heterocycles. The summed E-state index contributed by atoms with van der Waals surface area (Å²) in [5.74, 6) is 3.24. The summed E-state index contributed by atoms with van der Waals surface area (Å²) in [5, 5.41) is 9.87. The number of hydrogen-bond donors (Lipinski definition) is 1. The van der Waals surface area contributed by atoms with Crippen molar-refractivity contribution in [2.75, 3.05) is 7.11 Å². The molecule has 0 radical (unpaired) electrons. The van der Waals surface area contributed by atoms with Crippen molar-refractivity contribution in [3.05, 3.63) is 28.2 Å². The van der Waals surface area contributed by atoms with Crippen LogP contribution >= 0.6 is 15.9 Å². The van der Waals surface area contributed by atoms with Crippen molar-refractivity contribution in [3.63, 3.8) is 0 Å². The second-order valence-electron chi connectivity index (χ2n) is 3.15. The molecule has 1 N–H and O–H groups in total. The number of terminal acetylenes is 1. The minimum atomic E-state index is -0.550. The SMILES string of the molecule is C#CCCC(O)c1cc(OC)ccc1Br. The second kappa shape index (κ2) is 5.79. The summed E-state index contributed by atoms with van der Waals surface area (Å²) in [6.07, 6.45) is 5.72. The van der Waals surface area contributed by atoms with Gasteiger partial charge in [0.1, 0.15) is 5.75 Å². The average molecular weight is 269 g/mol. The fourth-order valence-electron chi connectivity index (χ4n) is 1.28. The fourth-order valence-corrected chi connectivity index (χ4v) is 1.79. The van der Waals surface area contributed by atoms with Crippen LogP contribution in [0.5, 0.6) is 5.75 Å². The van der Waals surface area contributed by atoms with Gasteiger partial charge in [-0.15, -0.1) is 12.3 Å². The number of aliphatic hydroxyl groups excluding tert-OH is 1. The highest BCUT2D eigenvalue weighted by molar-refractivity contribution is 9.10. The number of hydrogen-bond acceptors (Lipinski definition) is 2. The van der Waals surface area contributed by atoms with Crippen LogP contribution in [0.25, 0.3) is 0 Å². The first-order valence-electron chi connectivity index (χ1n) is 4.64. The standard InChI is InChI=1S/C12H13BrO2/c1-3-4-5-12(14)10-8-9(15-2)6-7-11(10)13/h1,6-8,12,14H,4-5H2,2H3. The molecular weight excluding hydrogens is 256 g/mol. The first kappa shape index (κ1) is 12.1. The van der Waals surface area contributed by atoms with Gasteiger partial charge in [0.2, 0.25) is 0 Å². The molecule has 0 saturated carbocycles. The highest BCUT2D eigenvalue weighted by Gasteiger charge is 2.11. The van der Waals surface area contributed by atoms with Gasteiger partial charge in [-0.2, -0.15) is 0 Å². The smallest absolute Gasteiger partial charge is 0.119 e. The number of aliphatic hydroxyl groups is 1. The van der Waals surface area contributed by atoms with Gasteiger partial charge in [0.05, 0.1) is 13.2 Å². The molecule has 2 nitrogen and oxygen atoms in total. The van der Waals surface area contributed by atoms with Gasteiger partial charge in [-0.25, -0.2) is 0 Å². The Morgan fingerprint density at radius 2 is 2.33 bits per heavy atom. The molecule has 3 heteroatoms. The molecule has 0 aliphatic carbocycles. The quantitative estimate of drug-likeness (QED) is 0.851. The summed E-state index contributed by atoms with van der Waals surface area (Å²) < 4.78 is 5.96. The second-order valence-corrected chi connectivity index (χ2v) is 4.00. The van der Waals surface area contributed by atoms with Crippen molar-refractivity contribution in [2.45, 2.75) is 18.9 Å². The van der Waals surface area contributed by atoms with Crippen LogP contribution in [0.4, 0.5) is 0 Å². The van der Waals surface area contributed by atoms with E-state index in [-0.39, 0.29) is 0 Å². The van der Waals surface area contributed by atoms with Crippen LogP contribution in [0.15, 0.2) is 22.7 Å². The van der Waals surface area contributed by atoms with E-state index in [9.17, 15) is 5.11 Å². The van der Waals surface area contributed by atoms with E-state index in [1.165, 1.54) is 0 Å². The monoisotopic (exact) mass is 268 g/mol. The lowest BCUT2D eigenvalue weighted by Crippen LogP contribution is -1.98. The number of benzene rings is 1. The van der Waals surface area contributed by atoms with Crippen molar-refractivity contribution in [1.82, 2.24) is 0 Å². The zero-order chi connectivity index (χ0) is 11.3. The van der Waals surface area contributed by atoms with E-state index in [0.717, 1.165) is 15.8 Å². The Labute approximate surface area is 98.4 Å². The molecule has 80 valence electrons. The first-order chi connectivity index (χ1) is 7.19. The highest BCUT2D eigenvalue weighted by atomic mass is 79.9. The molecule has 0 spiro atoms. The Balaban J connectivity index is 2.87. The van der Waals surface area contributed by atoms with Gasteiger partial charge < -0.3 is 9.84 Å². The third-order valence-corrected chi connectivity index (χ3v) is 2.85. The Kier molecular flexibility index (Phi) is 4.67. The van der Waals surface area contributed by atoms with E-state index >= 15 is 0 Å². The minimum Gasteiger partial charge on any atom is -0.497 e. The predicted octanol–water partition coefficient (Wildman–Crippen LogP) is 2.90. The molecule has 0 aliphatic heterocycles. The molecule has 0 bridgehead atoms. The van der Waals surface area contributed by atoms with Crippen LogP contribution in [0.3, 0.4) is 0 Å². The molecule has 15 heavy (non-hydrogen) atoms. The van der Waals surface area contributed by atoms with Crippen molar-refractivity contribution in [2.24, 2.45) is 0 Å². The van der Waals surface area contributed by atoms with Gasteiger partial charge in [0, 0.05) is 10.9 Å². The summed E-state index contributed by atoms with van der Waals surface area (Å²) in [6.45, 7) is 0. The lowest BCUT2D eigenvalue weighted by atomic mass is 10.0. The maximum absolute atomic E-state index is 9.87. The van der Waals surface area contributed by atoms with Gasteiger partial charge in [-0.3, -0.25) is 0 Å². The first-order valence-corrected chi connectivity index (χ1v) is 5.43. The maximum Gasteiger partial charge on any atom is 0.119 e. The van der Waals surface area contributed by atoms with Crippen molar-refractivity contribution < 1.29 is 9.84 Å². The van der Waals surface area contributed by atoms with Gasteiger partial charge in [-0.1, -0.05) is 15.9 Å². The average Bonchev–Trinajstić information content (AvgIpc) is 2.26. The molecule has 0 aromatic heterocycles. The van der Waals surface area contributed by atoms with E-state index in [0.29, 0.717) is 12.8 Å². The molecule has 0 fully saturated rings. The summed E-state index contributed by atoms with van der Waals surface area (Å²) in [6, 6.07) is 5.50. The van der Waals surface area contributed by atoms with Crippen LogP contribution in [-0.2, 0) is 0 Å². The summed E-state index contributed by atoms with van der Waals surface area (Å²) in [4.78, 5) is 0. The summed E-state index contributed by atoms with van der Waals surface area (Å²) in [5.41, 5.74) is 0.810. The molecular formula is C12H13BrO2. The Morgan fingerprint density at radius 3 is 2.93 bits per heavy atom. The lowest BCUT2D eigenvalue weighted by Gasteiger charge is -2.12. The molecule has 0 amide bonds. The molecule has 1 rings (SSSR count). The third kappa shape index (κ3) is 3.26. The number of rotatable bonds is 4. The molecule has 1 unspecified atom stereocenters. The zero-order valence-corrected chi connectivity index (χ0v) is 10.1. The van der Waals surface area contributed by atoms with Crippen molar-refractivity contribution in [3.8, 4) is 18.1 Å². The molecule has 1 atom stereocenters. The maximum atomic E-state index is 9.87.